The molecular weight excluding hydrogens is 301 g/mol. The standard InChI is InChI=1S/C17H24FNO2S/c1-12-3-2-4-13(9-12)11-19-16-7-8-22(20,21)17-6-5-14(18)10-15(16)17/h5-6,10,12-13,16,19H,2-4,7-9,11H2,1H3. The molecule has 0 amide bonds. The van der Waals surface area contributed by atoms with E-state index in [0.29, 0.717) is 22.8 Å². The number of sulfone groups is 1. The molecule has 2 aliphatic rings. The molecule has 3 unspecified atom stereocenters. The minimum atomic E-state index is -3.25. The number of rotatable bonds is 3. The molecule has 1 heterocycles. The Hall–Kier alpha value is -0.940. The van der Waals surface area contributed by atoms with Crippen LogP contribution in [0.25, 0.3) is 0 Å². The fraction of sp³-hybridized carbons (Fsp3) is 0.647. The Morgan fingerprint density at radius 1 is 1.27 bits per heavy atom. The van der Waals surface area contributed by atoms with E-state index in [1.807, 2.05) is 0 Å². The summed E-state index contributed by atoms with van der Waals surface area (Å²) in [5, 5.41) is 3.50. The third kappa shape index (κ3) is 3.35. The molecule has 0 radical (unpaired) electrons. The zero-order valence-electron chi connectivity index (χ0n) is 13.0. The highest BCUT2D eigenvalue weighted by molar-refractivity contribution is 7.91. The van der Waals surface area contributed by atoms with Gasteiger partial charge in [-0.1, -0.05) is 19.8 Å². The number of hydrogen-bond donors (Lipinski definition) is 1. The Kier molecular flexibility index (Phi) is 4.55. The van der Waals surface area contributed by atoms with Crippen molar-refractivity contribution in [2.24, 2.45) is 11.8 Å². The number of fused-ring (bicyclic) bond motifs is 1. The van der Waals surface area contributed by atoms with Crippen LogP contribution in [0, 0.1) is 17.7 Å². The summed E-state index contributed by atoms with van der Waals surface area (Å²) in [5.74, 6) is 1.20. The Bertz CT molecular complexity index is 644. The zero-order chi connectivity index (χ0) is 15.7. The summed E-state index contributed by atoms with van der Waals surface area (Å²) in [6.07, 6.45) is 5.58. The summed E-state index contributed by atoms with van der Waals surface area (Å²) < 4.78 is 37.8. The Labute approximate surface area is 132 Å². The molecular formula is C17H24FNO2S. The first-order chi connectivity index (χ1) is 10.5. The average Bonchev–Trinajstić information content (AvgIpc) is 2.46. The van der Waals surface area contributed by atoms with Crippen LogP contribution in [0.2, 0.25) is 0 Å². The van der Waals surface area contributed by atoms with Gasteiger partial charge in [0.05, 0.1) is 10.6 Å². The normalized spacial score (nSPS) is 30.7. The Balaban J connectivity index is 1.74. The maximum atomic E-state index is 13.5. The van der Waals surface area contributed by atoms with Crippen LogP contribution in [0.3, 0.4) is 0 Å². The summed E-state index contributed by atoms with van der Waals surface area (Å²) in [6.45, 7) is 3.19. The zero-order valence-corrected chi connectivity index (χ0v) is 13.8. The summed E-state index contributed by atoms with van der Waals surface area (Å²) in [7, 11) is -3.25. The van der Waals surface area contributed by atoms with Crippen molar-refractivity contribution in [1.29, 1.82) is 0 Å². The maximum absolute atomic E-state index is 13.5. The van der Waals surface area contributed by atoms with E-state index in [9.17, 15) is 12.8 Å². The SMILES string of the molecule is CC1CCCC(CNC2CCS(=O)(=O)c3ccc(F)cc32)C1. The number of hydrogen-bond acceptors (Lipinski definition) is 3. The molecule has 0 spiro atoms. The van der Waals surface area contributed by atoms with Gasteiger partial charge in [0.1, 0.15) is 5.82 Å². The molecule has 0 bridgehead atoms. The predicted molar refractivity (Wildman–Crippen MR) is 84.9 cm³/mol. The molecule has 1 aliphatic carbocycles. The van der Waals surface area contributed by atoms with Crippen LogP contribution in [0.1, 0.15) is 50.6 Å². The second-order valence-corrected chi connectivity index (χ2v) is 8.97. The summed E-state index contributed by atoms with van der Waals surface area (Å²) in [5.41, 5.74) is 0.607. The number of nitrogens with one attached hydrogen (secondary N) is 1. The van der Waals surface area contributed by atoms with Gasteiger partial charge in [-0.15, -0.1) is 0 Å². The molecule has 1 saturated carbocycles. The van der Waals surface area contributed by atoms with Crippen LogP contribution >= 0.6 is 0 Å². The fourth-order valence-electron chi connectivity index (χ4n) is 3.88. The molecule has 0 saturated heterocycles. The van der Waals surface area contributed by atoms with Gasteiger partial charge in [0.2, 0.25) is 0 Å². The lowest BCUT2D eigenvalue weighted by Gasteiger charge is -2.31. The fourth-order valence-corrected chi connectivity index (χ4v) is 5.48. The number of halogens is 1. The first-order valence-electron chi connectivity index (χ1n) is 8.21. The molecule has 1 aliphatic heterocycles. The van der Waals surface area contributed by atoms with Gasteiger partial charge in [-0.25, -0.2) is 12.8 Å². The van der Waals surface area contributed by atoms with Crippen LogP contribution in [0.4, 0.5) is 4.39 Å². The smallest absolute Gasteiger partial charge is 0.178 e. The maximum Gasteiger partial charge on any atom is 0.178 e. The lowest BCUT2D eigenvalue weighted by Crippen LogP contribution is -2.34. The van der Waals surface area contributed by atoms with E-state index < -0.39 is 9.84 Å². The summed E-state index contributed by atoms with van der Waals surface area (Å²) >= 11 is 0. The molecule has 5 heteroatoms. The van der Waals surface area contributed by atoms with E-state index >= 15 is 0 Å². The molecule has 3 rings (SSSR count). The first kappa shape index (κ1) is 15.9. The van der Waals surface area contributed by atoms with Gasteiger partial charge in [0, 0.05) is 6.04 Å². The van der Waals surface area contributed by atoms with Gasteiger partial charge in [0.25, 0.3) is 0 Å². The van der Waals surface area contributed by atoms with E-state index in [2.05, 4.69) is 12.2 Å². The summed E-state index contributed by atoms with van der Waals surface area (Å²) in [6, 6.07) is 3.98. The van der Waals surface area contributed by atoms with Crippen LogP contribution in [-0.2, 0) is 9.84 Å². The molecule has 1 fully saturated rings. The largest absolute Gasteiger partial charge is 0.310 e. The highest BCUT2D eigenvalue weighted by Gasteiger charge is 2.31. The molecule has 1 aromatic carbocycles. The minimum Gasteiger partial charge on any atom is -0.310 e. The minimum absolute atomic E-state index is 0.0496. The van der Waals surface area contributed by atoms with Gasteiger partial charge in [-0.05, 0) is 61.4 Å². The van der Waals surface area contributed by atoms with Gasteiger partial charge >= 0.3 is 0 Å². The lowest BCUT2D eigenvalue weighted by molar-refractivity contribution is 0.265. The van der Waals surface area contributed by atoms with Crippen LogP contribution in [0.15, 0.2) is 23.1 Å². The Morgan fingerprint density at radius 3 is 2.86 bits per heavy atom. The number of benzene rings is 1. The van der Waals surface area contributed by atoms with E-state index in [1.54, 1.807) is 0 Å². The second-order valence-electron chi connectivity index (χ2n) is 6.89. The second kappa shape index (κ2) is 6.28. The average molecular weight is 325 g/mol. The molecule has 1 aromatic rings. The van der Waals surface area contributed by atoms with Crippen molar-refractivity contribution in [3.05, 3.63) is 29.6 Å². The molecule has 122 valence electrons. The summed E-state index contributed by atoms with van der Waals surface area (Å²) in [4.78, 5) is 0.301. The molecule has 0 aromatic heterocycles. The van der Waals surface area contributed by atoms with E-state index in [4.69, 9.17) is 0 Å². The lowest BCUT2D eigenvalue weighted by atomic mass is 9.82. The topological polar surface area (TPSA) is 46.2 Å². The third-order valence-electron chi connectivity index (χ3n) is 5.06. The van der Waals surface area contributed by atoms with Gasteiger partial charge in [0.15, 0.2) is 9.84 Å². The predicted octanol–water partition coefficient (Wildman–Crippen LogP) is 3.46. The van der Waals surface area contributed by atoms with E-state index in [-0.39, 0.29) is 17.6 Å². The van der Waals surface area contributed by atoms with Crippen molar-refractivity contribution in [3.8, 4) is 0 Å². The monoisotopic (exact) mass is 325 g/mol. The quantitative estimate of drug-likeness (QED) is 0.866. The molecule has 3 nitrogen and oxygen atoms in total. The van der Waals surface area contributed by atoms with Gasteiger partial charge in [-0.3, -0.25) is 0 Å². The Morgan fingerprint density at radius 2 is 2.09 bits per heavy atom. The molecule has 3 atom stereocenters. The van der Waals surface area contributed by atoms with E-state index in [1.165, 1.54) is 43.9 Å². The first-order valence-corrected chi connectivity index (χ1v) is 9.86. The third-order valence-corrected chi connectivity index (χ3v) is 6.87. The van der Waals surface area contributed by atoms with E-state index in [0.717, 1.165) is 12.5 Å². The molecule has 22 heavy (non-hydrogen) atoms. The van der Waals surface area contributed by atoms with Gasteiger partial charge in [-0.2, -0.15) is 0 Å². The van der Waals surface area contributed by atoms with Crippen molar-refractivity contribution in [2.75, 3.05) is 12.3 Å². The van der Waals surface area contributed by atoms with Crippen molar-refractivity contribution in [2.45, 2.75) is 50.0 Å². The van der Waals surface area contributed by atoms with Crippen LogP contribution < -0.4 is 5.32 Å². The van der Waals surface area contributed by atoms with Crippen molar-refractivity contribution < 1.29 is 12.8 Å². The van der Waals surface area contributed by atoms with Crippen LogP contribution in [0.5, 0.6) is 0 Å². The van der Waals surface area contributed by atoms with Crippen molar-refractivity contribution in [3.63, 3.8) is 0 Å². The highest BCUT2D eigenvalue weighted by Crippen LogP contribution is 2.34. The van der Waals surface area contributed by atoms with Crippen molar-refractivity contribution in [1.82, 2.24) is 5.32 Å². The molecule has 1 N–H and O–H groups in total. The van der Waals surface area contributed by atoms with Crippen molar-refractivity contribution >= 4 is 9.84 Å². The van der Waals surface area contributed by atoms with Crippen LogP contribution in [-0.4, -0.2) is 20.7 Å². The van der Waals surface area contributed by atoms with Gasteiger partial charge < -0.3 is 5.32 Å². The highest BCUT2D eigenvalue weighted by atomic mass is 32.2.